The van der Waals surface area contributed by atoms with E-state index in [1.807, 2.05) is 0 Å². The molecule has 1 aliphatic rings. The Morgan fingerprint density at radius 3 is 2.74 bits per heavy atom. The molecule has 1 heterocycles. The molecule has 0 spiro atoms. The molecule has 0 aliphatic heterocycles. The van der Waals surface area contributed by atoms with E-state index in [0.717, 1.165) is 19.3 Å². The molecular formula is C17H21NO. The second-order valence-corrected chi connectivity index (χ2v) is 5.87. The van der Waals surface area contributed by atoms with Crippen LogP contribution in [0.4, 0.5) is 0 Å². The summed E-state index contributed by atoms with van der Waals surface area (Å²) in [6.07, 6.45) is 6.23. The highest BCUT2D eigenvalue weighted by molar-refractivity contribution is 5.93. The van der Waals surface area contributed by atoms with Crippen LogP contribution >= 0.6 is 0 Å². The van der Waals surface area contributed by atoms with Crippen LogP contribution in [0.15, 0.2) is 30.5 Å². The van der Waals surface area contributed by atoms with Gasteiger partial charge in [-0.2, -0.15) is 0 Å². The van der Waals surface area contributed by atoms with Crippen molar-refractivity contribution in [2.45, 2.75) is 51.5 Å². The summed E-state index contributed by atoms with van der Waals surface area (Å²) in [6, 6.07) is 8.90. The summed E-state index contributed by atoms with van der Waals surface area (Å²) in [7, 11) is 0. The third-order valence-electron chi connectivity index (χ3n) is 4.26. The summed E-state index contributed by atoms with van der Waals surface area (Å²) in [5, 5.41) is 1.26. The Bertz CT molecular complexity index is 609. The topological polar surface area (TPSA) is 22.0 Å². The van der Waals surface area contributed by atoms with E-state index in [1.54, 1.807) is 0 Å². The number of nitrogens with zero attached hydrogens (tertiary/aromatic N) is 1. The summed E-state index contributed by atoms with van der Waals surface area (Å²) in [4.78, 5) is 12.2. The van der Waals surface area contributed by atoms with Crippen molar-refractivity contribution in [3.8, 4) is 0 Å². The zero-order valence-corrected chi connectivity index (χ0v) is 11.7. The van der Waals surface area contributed by atoms with Crippen LogP contribution in [0, 0.1) is 0 Å². The molecule has 0 N–H and O–H groups in total. The molecule has 100 valence electrons. The van der Waals surface area contributed by atoms with Crippen molar-refractivity contribution < 1.29 is 4.79 Å². The van der Waals surface area contributed by atoms with Crippen LogP contribution in [0.3, 0.4) is 0 Å². The number of aromatic nitrogens is 1. The highest BCUT2D eigenvalue weighted by atomic mass is 16.1. The lowest BCUT2D eigenvalue weighted by atomic mass is 9.83. The van der Waals surface area contributed by atoms with Gasteiger partial charge in [0.2, 0.25) is 0 Å². The van der Waals surface area contributed by atoms with Crippen molar-refractivity contribution in [3.05, 3.63) is 36.0 Å². The SMILES string of the molecule is CC(C)n1cc(C2CCCCC2=O)c2ccccc21. The predicted molar refractivity (Wildman–Crippen MR) is 78.5 cm³/mol. The summed E-state index contributed by atoms with van der Waals surface area (Å²) >= 11 is 0. The van der Waals surface area contributed by atoms with E-state index in [9.17, 15) is 4.79 Å². The molecule has 3 rings (SSSR count). The van der Waals surface area contributed by atoms with E-state index in [2.05, 4.69) is 48.9 Å². The van der Waals surface area contributed by atoms with Crippen molar-refractivity contribution in [2.24, 2.45) is 0 Å². The first kappa shape index (κ1) is 12.5. The summed E-state index contributed by atoms with van der Waals surface area (Å²) < 4.78 is 2.30. The van der Waals surface area contributed by atoms with Crippen LogP contribution in [0.2, 0.25) is 0 Å². The lowest BCUT2D eigenvalue weighted by molar-refractivity contribution is -0.121. The van der Waals surface area contributed by atoms with Gasteiger partial charge in [0.15, 0.2) is 0 Å². The molecule has 0 amide bonds. The van der Waals surface area contributed by atoms with Crippen molar-refractivity contribution in [1.29, 1.82) is 0 Å². The molecule has 19 heavy (non-hydrogen) atoms. The Morgan fingerprint density at radius 1 is 1.21 bits per heavy atom. The maximum atomic E-state index is 12.2. The quantitative estimate of drug-likeness (QED) is 0.777. The molecule has 0 saturated heterocycles. The maximum absolute atomic E-state index is 12.2. The van der Waals surface area contributed by atoms with Gasteiger partial charge in [0.1, 0.15) is 5.78 Å². The van der Waals surface area contributed by atoms with Gasteiger partial charge < -0.3 is 4.57 Å². The first-order valence-electron chi connectivity index (χ1n) is 7.30. The van der Waals surface area contributed by atoms with Crippen LogP contribution in [-0.4, -0.2) is 10.4 Å². The Labute approximate surface area is 114 Å². The molecule has 1 aromatic carbocycles. The van der Waals surface area contributed by atoms with E-state index >= 15 is 0 Å². The van der Waals surface area contributed by atoms with Gasteiger partial charge in [0, 0.05) is 35.5 Å². The van der Waals surface area contributed by atoms with Gasteiger partial charge in [-0.15, -0.1) is 0 Å². The second kappa shape index (κ2) is 4.84. The van der Waals surface area contributed by atoms with Gasteiger partial charge in [-0.25, -0.2) is 0 Å². The van der Waals surface area contributed by atoms with E-state index in [1.165, 1.54) is 22.9 Å². The smallest absolute Gasteiger partial charge is 0.140 e. The minimum absolute atomic E-state index is 0.124. The molecule has 0 radical (unpaired) electrons. The Hall–Kier alpha value is -1.57. The number of Topliss-reactive ketones (excluding diaryl/α,β-unsaturated/α-hetero) is 1. The van der Waals surface area contributed by atoms with Gasteiger partial charge in [-0.05, 0) is 38.3 Å². The van der Waals surface area contributed by atoms with Crippen molar-refractivity contribution >= 4 is 16.7 Å². The third kappa shape index (κ3) is 2.09. The van der Waals surface area contributed by atoms with Gasteiger partial charge in [0.25, 0.3) is 0 Å². The van der Waals surface area contributed by atoms with E-state index in [-0.39, 0.29) is 5.92 Å². The zero-order valence-electron chi connectivity index (χ0n) is 11.7. The van der Waals surface area contributed by atoms with E-state index < -0.39 is 0 Å². The summed E-state index contributed by atoms with van der Waals surface area (Å²) in [6.45, 7) is 4.39. The highest BCUT2D eigenvalue weighted by Crippen LogP contribution is 2.36. The van der Waals surface area contributed by atoms with Crippen LogP contribution in [0.1, 0.15) is 57.1 Å². The second-order valence-electron chi connectivity index (χ2n) is 5.87. The molecular weight excluding hydrogens is 234 g/mol. The largest absolute Gasteiger partial charge is 0.345 e. The highest BCUT2D eigenvalue weighted by Gasteiger charge is 2.27. The first-order chi connectivity index (χ1) is 9.18. The molecule has 0 bridgehead atoms. The lowest BCUT2D eigenvalue weighted by Crippen LogP contribution is -2.16. The normalized spacial score (nSPS) is 20.4. The molecule has 1 aromatic heterocycles. The number of hydrogen-bond acceptors (Lipinski definition) is 1. The van der Waals surface area contributed by atoms with Crippen LogP contribution in [-0.2, 0) is 4.79 Å². The fraction of sp³-hybridized carbons (Fsp3) is 0.471. The zero-order chi connectivity index (χ0) is 13.4. The van der Waals surface area contributed by atoms with Crippen molar-refractivity contribution in [3.63, 3.8) is 0 Å². The average molecular weight is 255 g/mol. The van der Waals surface area contributed by atoms with E-state index in [0.29, 0.717) is 11.8 Å². The molecule has 1 unspecified atom stereocenters. The van der Waals surface area contributed by atoms with Crippen molar-refractivity contribution in [1.82, 2.24) is 4.57 Å². The van der Waals surface area contributed by atoms with Gasteiger partial charge in [0.05, 0.1) is 0 Å². The minimum atomic E-state index is 0.124. The number of benzene rings is 1. The van der Waals surface area contributed by atoms with Crippen molar-refractivity contribution in [2.75, 3.05) is 0 Å². The Balaban J connectivity index is 2.15. The number of carbonyl (C=O) groups excluding carboxylic acids is 1. The molecule has 1 aliphatic carbocycles. The number of carbonyl (C=O) groups is 1. The van der Waals surface area contributed by atoms with Crippen LogP contribution < -0.4 is 0 Å². The number of hydrogen-bond donors (Lipinski definition) is 0. The number of fused-ring (bicyclic) bond motifs is 1. The standard InChI is InChI=1S/C17H21NO/c1-12(2)18-11-15(13-7-3-5-9-16(13)18)14-8-4-6-10-17(14)19/h3,5,7,9,11-12,14H,4,6,8,10H2,1-2H3. The predicted octanol–water partition coefficient (Wildman–Crippen LogP) is 4.45. The molecule has 1 fully saturated rings. The first-order valence-corrected chi connectivity index (χ1v) is 7.30. The lowest BCUT2D eigenvalue weighted by Gasteiger charge is -2.20. The molecule has 2 heteroatoms. The van der Waals surface area contributed by atoms with Crippen LogP contribution in [0.5, 0.6) is 0 Å². The van der Waals surface area contributed by atoms with Crippen LogP contribution in [0.25, 0.3) is 10.9 Å². The molecule has 2 nitrogen and oxygen atoms in total. The fourth-order valence-corrected chi connectivity index (χ4v) is 3.25. The van der Waals surface area contributed by atoms with Gasteiger partial charge in [-0.3, -0.25) is 4.79 Å². The number of ketones is 1. The monoisotopic (exact) mass is 255 g/mol. The Kier molecular flexibility index (Phi) is 3.17. The maximum Gasteiger partial charge on any atom is 0.140 e. The number of rotatable bonds is 2. The summed E-state index contributed by atoms with van der Waals surface area (Å²) in [5.74, 6) is 0.552. The Morgan fingerprint density at radius 2 is 2.00 bits per heavy atom. The van der Waals surface area contributed by atoms with Gasteiger partial charge >= 0.3 is 0 Å². The third-order valence-corrected chi connectivity index (χ3v) is 4.26. The summed E-state index contributed by atoms with van der Waals surface area (Å²) in [5.41, 5.74) is 2.50. The number of para-hydroxylation sites is 1. The van der Waals surface area contributed by atoms with Gasteiger partial charge in [-0.1, -0.05) is 24.6 Å². The minimum Gasteiger partial charge on any atom is -0.345 e. The van der Waals surface area contributed by atoms with E-state index in [4.69, 9.17) is 0 Å². The fourth-order valence-electron chi connectivity index (χ4n) is 3.25. The molecule has 1 saturated carbocycles. The molecule has 2 aromatic rings. The average Bonchev–Trinajstić information content (AvgIpc) is 2.79. The molecule has 1 atom stereocenters.